The zero-order chi connectivity index (χ0) is 24.0. The van der Waals surface area contributed by atoms with E-state index in [0.717, 1.165) is 12.5 Å². The highest BCUT2D eigenvalue weighted by Gasteiger charge is 2.39. The third kappa shape index (κ3) is 8.73. The number of anilines is 1. The fraction of sp³-hybridized carbons (Fsp3) is 0.700. The van der Waals surface area contributed by atoms with E-state index in [0.29, 0.717) is 24.3 Å². The van der Waals surface area contributed by atoms with Gasteiger partial charge in [0.15, 0.2) is 22.5 Å². The summed E-state index contributed by atoms with van der Waals surface area (Å²) in [6.07, 6.45) is 5.31. The van der Waals surface area contributed by atoms with Crippen LogP contribution in [0.4, 0.5) is 16.6 Å². The van der Waals surface area contributed by atoms with Crippen molar-refractivity contribution in [2.45, 2.75) is 84.0 Å². The molecule has 1 aliphatic heterocycles. The van der Waals surface area contributed by atoms with Crippen LogP contribution in [0.3, 0.4) is 0 Å². The van der Waals surface area contributed by atoms with Crippen molar-refractivity contribution >= 4 is 49.2 Å². The fourth-order valence-corrected chi connectivity index (χ4v) is 18.2. The molecule has 0 atom stereocenters. The molecule has 180 valence electrons. The van der Waals surface area contributed by atoms with Crippen molar-refractivity contribution in [1.29, 1.82) is 0 Å². The van der Waals surface area contributed by atoms with Crippen LogP contribution in [0.2, 0.25) is 51.4 Å². The topological polar surface area (TPSA) is 118 Å². The second-order valence-electron chi connectivity index (χ2n) is 9.94. The van der Waals surface area contributed by atoms with Crippen molar-refractivity contribution in [3.63, 3.8) is 0 Å². The molecule has 12 heteroatoms. The van der Waals surface area contributed by atoms with Crippen LogP contribution < -0.4 is 16.2 Å². The van der Waals surface area contributed by atoms with E-state index in [1.807, 2.05) is 0 Å². The Hall–Kier alpha value is -1.61. The third-order valence-corrected chi connectivity index (χ3v) is 16.6. The molecular weight excluding hydrogens is 459 g/mol. The Kier molecular flexibility index (Phi) is 9.16. The predicted molar refractivity (Wildman–Crippen MR) is 137 cm³/mol. The Bertz CT molecular complexity index is 886. The lowest BCUT2D eigenvalue weighted by molar-refractivity contribution is 0.252. The number of aliphatic imine (C=N–C) groups is 1. The number of H-pyrrole nitrogens is 1. The first-order valence-corrected chi connectivity index (χ1v) is 20.5. The van der Waals surface area contributed by atoms with Crippen molar-refractivity contribution in [3.8, 4) is 0 Å². The van der Waals surface area contributed by atoms with Crippen LogP contribution >= 0.6 is 0 Å². The van der Waals surface area contributed by atoms with Gasteiger partial charge in [-0.25, -0.2) is 9.79 Å². The Morgan fingerprint density at radius 1 is 1.09 bits per heavy atom. The van der Waals surface area contributed by atoms with E-state index in [1.165, 1.54) is 18.9 Å². The van der Waals surface area contributed by atoms with Gasteiger partial charge in [0, 0.05) is 19.2 Å². The minimum Gasteiger partial charge on any atom is -0.437 e. The van der Waals surface area contributed by atoms with E-state index in [1.54, 1.807) is 6.21 Å². The van der Waals surface area contributed by atoms with E-state index in [9.17, 15) is 9.59 Å². The van der Waals surface area contributed by atoms with Crippen LogP contribution in [-0.2, 0) is 14.7 Å². The van der Waals surface area contributed by atoms with Crippen LogP contribution in [-0.4, -0.2) is 54.0 Å². The van der Waals surface area contributed by atoms with E-state index >= 15 is 0 Å². The number of hydrogen-bond acceptors (Lipinski definition) is 6. The molecule has 32 heavy (non-hydrogen) atoms. The normalized spacial score (nSPS) is 13.8. The average Bonchev–Trinajstić information content (AvgIpc) is 3.11. The number of nitrogens with zero attached hydrogens (tertiary/aromatic N) is 2. The van der Waals surface area contributed by atoms with Crippen LogP contribution in [0.15, 0.2) is 9.79 Å². The molecule has 0 aromatic carbocycles. The molecule has 0 saturated carbocycles. The molecule has 2 amide bonds. The average molecular weight is 498 g/mol. The number of fused-ring (bicyclic) bond motifs is 1. The van der Waals surface area contributed by atoms with Gasteiger partial charge >= 0.3 is 14.6 Å². The molecule has 1 aromatic rings. The highest BCUT2D eigenvalue weighted by molar-refractivity contribution is 6.87. The molecular formula is C20H39N5O4Si3. The largest absolute Gasteiger partial charge is 0.437 e. The number of hydrogen-bond donors (Lipinski definition) is 3. The molecule has 2 rings (SSSR count). The lowest BCUT2D eigenvalue weighted by Crippen LogP contribution is -2.52. The van der Waals surface area contributed by atoms with Crippen LogP contribution in [0.1, 0.15) is 31.7 Å². The smallest absolute Gasteiger partial charge is 0.321 e. The van der Waals surface area contributed by atoms with Crippen molar-refractivity contribution in [3.05, 3.63) is 15.9 Å². The van der Waals surface area contributed by atoms with Gasteiger partial charge in [0.1, 0.15) is 0 Å². The maximum atomic E-state index is 12.2. The first-order valence-electron chi connectivity index (χ1n) is 11.4. The lowest BCUT2D eigenvalue weighted by atomic mass is 10.3. The number of carbonyl (C=O) groups excluding carboxylic acids is 1. The van der Waals surface area contributed by atoms with E-state index in [2.05, 4.69) is 71.8 Å². The van der Waals surface area contributed by atoms with Gasteiger partial charge in [-0.05, 0) is 57.8 Å². The lowest BCUT2D eigenvalue weighted by Gasteiger charge is -2.38. The molecule has 0 fully saturated rings. The quantitative estimate of drug-likeness (QED) is 0.290. The zero-order valence-electron chi connectivity index (χ0n) is 20.6. The van der Waals surface area contributed by atoms with Gasteiger partial charge in [0.25, 0.3) is 5.56 Å². The maximum absolute atomic E-state index is 12.2. The minimum atomic E-state index is -2.20. The molecule has 0 aliphatic carbocycles. The highest BCUT2D eigenvalue weighted by Crippen LogP contribution is 2.26. The molecule has 0 saturated heterocycles. The van der Waals surface area contributed by atoms with Crippen molar-refractivity contribution < 1.29 is 13.0 Å². The third-order valence-electron chi connectivity index (χ3n) is 5.15. The summed E-state index contributed by atoms with van der Waals surface area (Å²) in [4.78, 5) is 34.9. The van der Waals surface area contributed by atoms with Crippen LogP contribution in [0, 0.1) is 0 Å². The van der Waals surface area contributed by atoms with Crippen LogP contribution in [0.25, 0.3) is 0 Å². The Morgan fingerprint density at radius 3 is 2.34 bits per heavy atom. The van der Waals surface area contributed by atoms with Gasteiger partial charge in [-0.1, -0.05) is 19.8 Å². The number of aromatic nitrogens is 2. The summed E-state index contributed by atoms with van der Waals surface area (Å²) in [6, 6.07) is 1.69. The monoisotopic (exact) mass is 497 g/mol. The number of aromatic amines is 1. The van der Waals surface area contributed by atoms with Gasteiger partial charge < -0.3 is 13.5 Å². The predicted octanol–water partition coefficient (Wildman–Crippen LogP) is 4.49. The first kappa shape index (κ1) is 26.6. The highest BCUT2D eigenvalue weighted by atomic mass is 28.5. The summed E-state index contributed by atoms with van der Waals surface area (Å²) in [5.74, 6) is 0.465. The number of urea groups is 1. The van der Waals surface area contributed by atoms with Crippen LogP contribution in [0.5, 0.6) is 0 Å². The van der Waals surface area contributed by atoms with E-state index in [4.69, 9.17) is 8.23 Å². The molecule has 1 aromatic heterocycles. The number of carbonyl (C=O) groups is 1. The molecule has 0 spiro atoms. The summed E-state index contributed by atoms with van der Waals surface area (Å²) in [5, 5.41) is 5.39. The number of amides is 2. The molecule has 0 bridgehead atoms. The van der Waals surface area contributed by atoms with Gasteiger partial charge in [-0.15, -0.1) is 0 Å². The first-order chi connectivity index (χ1) is 14.8. The van der Waals surface area contributed by atoms with Gasteiger partial charge in [0.05, 0.1) is 5.56 Å². The van der Waals surface area contributed by atoms with Crippen molar-refractivity contribution in [2.75, 3.05) is 11.9 Å². The summed E-state index contributed by atoms with van der Waals surface area (Å²) in [5.41, 5.74) is 0.248. The summed E-state index contributed by atoms with van der Waals surface area (Å²) in [6.45, 7) is 16.0. The van der Waals surface area contributed by atoms with E-state index < -0.39 is 31.2 Å². The van der Waals surface area contributed by atoms with E-state index in [-0.39, 0.29) is 11.5 Å². The number of nitrogens with one attached hydrogen (secondary N) is 3. The van der Waals surface area contributed by atoms with Gasteiger partial charge in [-0.2, -0.15) is 4.98 Å². The Labute approximate surface area is 194 Å². The number of unbranched alkanes of at least 4 members (excludes halogenated alkanes) is 1. The molecule has 1 aliphatic rings. The SMILES string of the molecule is CCCC[Si](C)(C)O[Si](C)(C)O[Si](C)(C)CCCNC(=O)Nc1nc2c(c(=O)[nH]1)CC=N2. The zero-order valence-corrected chi connectivity index (χ0v) is 23.6. The second-order valence-corrected chi connectivity index (χ2v) is 22.4. The molecule has 0 unspecified atom stereocenters. The molecule has 3 N–H and O–H groups in total. The second kappa shape index (κ2) is 11.0. The maximum Gasteiger partial charge on any atom is 0.321 e. The molecule has 2 heterocycles. The minimum absolute atomic E-state index is 0.100. The summed E-state index contributed by atoms with van der Waals surface area (Å²) < 4.78 is 13.2. The Balaban J connectivity index is 1.76. The van der Waals surface area contributed by atoms with Crippen molar-refractivity contribution in [1.82, 2.24) is 15.3 Å². The Morgan fingerprint density at radius 2 is 1.72 bits per heavy atom. The van der Waals surface area contributed by atoms with Crippen molar-refractivity contribution in [2.24, 2.45) is 4.99 Å². The van der Waals surface area contributed by atoms with Gasteiger partial charge in [-0.3, -0.25) is 15.1 Å². The summed E-state index contributed by atoms with van der Waals surface area (Å²) in [7, 11) is -5.83. The summed E-state index contributed by atoms with van der Waals surface area (Å²) >= 11 is 0. The standard InChI is InChI=1S/C20H39N5O4Si3/c1-8-9-14-30(2,3)28-32(6,7)29-31(4,5)15-10-12-22-20(27)25-19-23-17-16(11-13-21-17)18(26)24-19/h13H,8-12,14-15H2,1-7H3,(H3,22,23,24,25,26,27). The molecule has 0 radical (unpaired) electrons. The van der Waals surface area contributed by atoms with Gasteiger partial charge in [0.2, 0.25) is 5.95 Å². The fourth-order valence-electron chi connectivity index (χ4n) is 3.98. The molecule has 9 nitrogen and oxygen atoms in total. The number of rotatable bonds is 12.